The van der Waals surface area contributed by atoms with E-state index in [1.165, 1.54) is 5.56 Å². The Balaban J connectivity index is 0.00000137. The minimum absolute atomic E-state index is 0.200. The fourth-order valence-corrected chi connectivity index (χ4v) is 2.47. The zero-order chi connectivity index (χ0) is 14.4. The van der Waals surface area contributed by atoms with Crippen molar-refractivity contribution in [3.8, 4) is 5.75 Å². The van der Waals surface area contributed by atoms with Gasteiger partial charge in [-0.15, -0.1) is 0 Å². The van der Waals surface area contributed by atoms with Crippen molar-refractivity contribution < 1.29 is 5.11 Å². The molecule has 0 saturated carbocycles. The van der Waals surface area contributed by atoms with Crippen LogP contribution >= 0.6 is 0 Å². The Bertz CT molecular complexity index is 332. The second-order valence-corrected chi connectivity index (χ2v) is 6.20. The molecule has 0 aliphatic rings. The normalized spacial score (nSPS) is 14.4. The quantitative estimate of drug-likeness (QED) is 0.748. The minimum atomic E-state index is 0.200. The maximum absolute atomic E-state index is 9.33. The van der Waals surface area contributed by atoms with Crippen LogP contribution < -0.4 is 0 Å². The highest BCUT2D eigenvalue weighted by Gasteiger charge is 2.29. The predicted octanol–water partition coefficient (Wildman–Crippen LogP) is 5.52. The van der Waals surface area contributed by atoms with Crippen LogP contribution in [0.25, 0.3) is 0 Å². The lowest BCUT2D eigenvalue weighted by Gasteiger charge is -2.35. The van der Waals surface area contributed by atoms with E-state index < -0.39 is 0 Å². The van der Waals surface area contributed by atoms with Crippen LogP contribution in [0.15, 0.2) is 24.3 Å². The molecule has 1 aromatic rings. The summed E-state index contributed by atoms with van der Waals surface area (Å²) in [5.74, 6) is 0.345. The van der Waals surface area contributed by atoms with Crippen LogP contribution in [-0.4, -0.2) is 5.11 Å². The second kappa shape index (κ2) is 6.82. The van der Waals surface area contributed by atoms with Crippen molar-refractivity contribution in [2.45, 2.75) is 66.7 Å². The van der Waals surface area contributed by atoms with E-state index in [0.29, 0.717) is 11.2 Å². The number of phenolic OH excluding ortho intramolecular Hbond substituents is 1. The fourth-order valence-electron chi connectivity index (χ4n) is 2.47. The molecule has 0 aliphatic heterocycles. The van der Waals surface area contributed by atoms with Crippen molar-refractivity contribution in [1.29, 1.82) is 0 Å². The summed E-state index contributed by atoms with van der Waals surface area (Å²) in [6, 6.07) is 7.66. The van der Waals surface area contributed by atoms with Crippen LogP contribution in [0.4, 0.5) is 0 Å². The number of hydrogen-bond acceptors (Lipinski definition) is 1. The van der Waals surface area contributed by atoms with E-state index in [1.807, 2.05) is 26.0 Å². The number of aromatic hydroxyl groups is 1. The van der Waals surface area contributed by atoms with E-state index in [4.69, 9.17) is 0 Å². The van der Waals surface area contributed by atoms with E-state index >= 15 is 0 Å². The third-order valence-electron chi connectivity index (χ3n) is 3.27. The third-order valence-corrected chi connectivity index (χ3v) is 3.27. The molecule has 104 valence electrons. The molecule has 1 aromatic carbocycles. The van der Waals surface area contributed by atoms with E-state index in [0.717, 1.165) is 12.8 Å². The lowest BCUT2D eigenvalue weighted by molar-refractivity contribution is 0.261. The topological polar surface area (TPSA) is 20.2 Å². The van der Waals surface area contributed by atoms with Crippen molar-refractivity contribution in [2.24, 2.45) is 5.41 Å². The Kier molecular flexibility index (Phi) is 6.45. The van der Waals surface area contributed by atoms with Gasteiger partial charge in [0.1, 0.15) is 5.75 Å². The molecule has 0 amide bonds. The van der Waals surface area contributed by atoms with Crippen LogP contribution in [0.3, 0.4) is 0 Å². The van der Waals surface area contributed by atoms with E-state index in [-0.39, 0.29) is 5.41 Å². The molecule has 18 heavy (non-hydrogen) atoms. The van der Waals surface area contributed by atoms with Crippen LogP contribution in [-0.2, 0) is 5.41 Å². The van der Waals surface area contributed by atoms with Gasteiger partial charge in [-0.25, -0.2) is 0 Å². The summed E-state index contributed by atoms with van der Waals surface area (Å²) in [5.41, 5.74) is 1.84. The first-order valence-corrected chi connectivity index (χ1v) is 7.06. The Labute approximate surface area is 113 Å². The van der Waals surface area contributed by atoms with E-state index in [9.17, 15) is 5.11 Å². The molecule has 0 aromatic heterocycles. The zero-order valence-corrected chi connectivity index (χ0v) is 13.2. The molecular formula is C17H30O. The van der Waals surface area contributed by atoms with Gasteiger partial charge in [0.2, 0.25) is 0 Å². The first kappa shape index (κ1) is 17.0. The van der Waals surface area contributed by atoms with Crippen LogP contribution in [0, 0.1) is 5.41 Å². The summed E-state index contributed by atoms with van der Waals surface area (Å²) < 4.78 is 0. The molecular weight excluding hydrogens is 220 g/mol. The summed E-state index contributed by atoms with van der Waals surface area (Å²) >= 11 is 0. The molecule has 0 fully saturated rings. The number of hydrogen-bond donors (Lipinski definition) is 1. The van der Waals surface area contributed by atoms with Crippen molar-refractivity contribution in [2.75, 3.05) is 0 Å². The maximum Gasteiger partial charge on any atom is 0.115 e. The highest BCUT2D eigenvalue weighted by atomic mass is 16.3. The molecule has 0 heterocycles. The van der Waals surface area contributed by atoms with E-state index in [1.54, 1.807) is 12.1 Å². The van der Waals surface area contributed by atoms with E-state index in [2.05, 4.69) is 34.6 Å². The first-order valence-electron chi connectivity index (χ1n) is 7.06. The van der Waals surface area contributed by atoms with Crippen LogP contribution in [0.1, 0.15) is 66.9 Å². The molecule has 1 nitrogen and oxygen atoms in total. The van der Waals surface area contributed by atoms with Gasteiger partial charge in [-0.05, 0) is 41.4 Å². The van der Waals surface area contributed by atoms with Crippen molar-refractivity contribution in [1.82, 2.24) is 0 Å². The monoisotopic (exact) mass is 250 g/mol. The standard InChI is InChI=1S/C15H24O.C2H6/c1-6-15(5,11-14(2,3)4)12-7-9-13(16)10-8-12;1-2/h7-10,16H,6,11H2,1-5H3;1-2H3. The molecule has 1 heteroatoms. The van der Waals surface area contributed by atoms with Gasteiger partial charge in [-0.1, -0.05) is 60.6 Å². The van der Waals surface area contributed by atoms with Crippen LogP contribution in [0.2, 0.25) is 0 Å². The summed E-state index contributed by atoms with van der Waals surface area (Å²) in [7, 11) is 0. The molecule has 0 aliphatic carbocycles. The van der Waals surface area contributed by atoms with Gasteiger partial charge in [0.15, 0.2) is 0 Å². The Hall–Kier alpha value is -0.980. The fraction of sp³-hybridized carbons (Fsp3) is 0.647. The molecule has 1 atom stereocenters. The molecule has 1 rings (SSSR count). The summed E-state index contributed by atoms with van der Waals surface area (Å²) in [4.78, 5) is 0. The summed E-state index contributed by atoms with van der Waals surface area (Å²) in [5, 5.41) is 9.33. The highest BCUT2D eigenvalue weighted by molar-refractivity contribution is 5.31. The highest BCUT2D eigenvalue weighted by Crippen LogP contribution is 2.39. The average molecular weight is 250 g/mol. The van der Waals surface area contributed by atoms with Gasteiger partial charge < -0.3 is 5.11 Å². The van der Waals surface area contributed by atoms with Gasteiger partial charge in [-0.3, -0.25) is 0 Å². The zero-order valence-electron chi connectivity index (χ0n) is 13.2. The van der Waals surface area contributed by atoms with Gasteiger partial charge in [-0.2, -0.15) is 0 Å². The Morgan fingerprint density at radius 2 is 1.39 bits per heavy atom. The van der Waals surface area contributed by atoms with Gasteiger partial charge >= 0.3 is 0 Å². The second-order valence-electron chi connectivity index (χ2n) is 6.20. The summed E-state index contributed by atoms with van der Waals surface area (Å²) in [6.45, 7) is 15.4. The molecule has 0 saturated heterocycles. The lowest BCUT2D eigenvalue weighted by atomic mass is 9.69. The van der Waals surface area contributed by atoms with Gasteiger partial charge in [0, 0.05) is 0 Å². The molecule has 0 bridgehead atoms. The molecule has 1 N–H and O–H groups in total. The minimum Gasteiger partial charge on any atom is -0.508 e. The van der Waals surface area contributed by atoms with Crippen molar-refractivity contribution in [3.05, 3.63) is 29.8 Å². The maximum atomic E-state index is 9.33. The summed E-state index contributed by atoms with van der Waals surface area (Å²) in [6.07, 6.45) is 2.27. The average Bonchev–Trinajstić information content (AvgIpc) is 2.30. The third kappa shape index (κ3) is 5.12. The lowest BCUT2D eigenvalue weighted by Crippen LogP contribution is -2.27. The number of benzene rings is 1. The predicted molar refractivity (Wildman–Crippen MR) is 81.2 cm³/mol. The number of phenols is 1. The number of rotatable bonds is 3. The van der Waals surface area contributed by atoms with Crippen molar-refractivity contribution in [3.63, 3.8) is 0 Å². The Morgan fingerprint density at radius 3 is 1.72 bits per heavy atom. The molecule has 0 radical (unpaired) electrons. The van der Waals surface area contributed by atoms with Gasteiger partial charge in [0.25, 0.3) is 0 Å². The van der Waals surface area contributed by atoms with Crippen LogP contribution in [0.5, 0.6) is 5.75 Å². The van der Waals surface area contributed by atoms with Gasteiger partial charge in [0.05, 0.1) is 0 Å². The van der Waals surface area contributed by atoms with Crippen molar-refractivity contribution >= 4 is 0 Å². The SMILES string of the molecule is CC.CCC(C)(CC(C)(C)C)c1ccc(O)cc1. The first-order chi connectivity index (χ1) is 8.27. The smallest absolute Gasteiger partial charge is 0.115 e. The molecule has 0 spiro atoms. The largest absolute Gasteiger partial charge is 0.508 e. The Morgan fingerprint density at radius 1 is 0.944 bits per heavy atom. The molecule has 1 unspecified atom stereocenters.